The first-order valence-corrected chi connectivity index (χ1v) is 4.96. The van der Waals surface area contributed by atoms with Gasteiger partial charge in [0, 0.05) is 0 Å². The van der Waals surface area contributed by atoms with Gasteiger partial charge < -0.3 is 15.6 Å². The van der Waals surface area contributed by atoms with E-state index in [1.165, 1.54) is 7.11 Å². The lowest BCUT2D eigenvalue weighted by molar-refractivity contribution is 0.112. The molecule has 4 nitrogen and oxygen atoms in total. The van der Waals surface area contributed by atoms with E-state index in [9.17, 15) is 9.90 Å². The Morgan fingerprint density at radius 1 is 1.50 bits per heavy atom. The van der Waals surface area contributed by atoms with Gasteiger partial charge in [-0.15, -0.1) is 0 Å². The molecule has 16 heavy (non-hydrogen) atoms. The third-order valence-electron chi connectivity index (χ3n) is 2.18. The predicted octanol–water partition coefficient (Wildman–Crippen LogP) is 1.58. The Labute approximate surface area is 94.3 Å². The zero-order valence-electron chi connectivity index (χ0n) is 9.14. The van der Waals surface area contributed by atoms with Crippen LogP contribution in [0, 0.1) is 0 Å². The fourth-order valence-electron chi connectivity index (χ4n) is 1.34. The van der Waals surface area contributed by atoms with Gasteiger partial charge in [0.1, 0.15) is 0 Å². The zero-order valence-corrected chi connectivity index (χ0v) is 9.14. The number of ether oxygens (including phenoxy) is 1. The Morgan fingerprint density at radius 3 is 2.81 bits per heavy atom. The van der Waals surface area contributed by atoms with Crippen molar-refractivity contribution < 1.29 is 14.6 Å². The fraction of sp³-hybridized carbons (Fsp3) is 0.250. The second-order valence-electron chi connectivity index (χ2n) is 3.22. The summed E-state index contributed by atoms with van der Waals surface area (Å²) in [4.78, 5) is 10.9. The highest BCUT2D eigenvalue weighted by atomic mass is 16.5. The number of aldehydes is 1. The largest absolute Gasteiger partial charge is 0.504 e. The van der Waals surface area contributed by atoms with Crippen molar-refractivity contribution in [2.24, 2.45) is 5.73 Å². The molecule has 1 rings (SSSR count). The first-order valence-electron chi connectivity index (χ1n) is 4.96. The highest BCUT2D eigenvalue weighted by Gasteiger charge is 2.10. The van der Waals surface area contributed by atoms with Crippen LogP contribution in [-0.4, -0.2) is 25.0 Å². The molecule has 0 saturated carbocycles. The van der Waals surface area contributed by atoms with Gasteiger partial charge in [-0.1, -0.05) is 18.2 Å². The van der Waals surface area contributed by atoms with Gasteiger partial charge in [0.05, 0.1) is 12.7 Å². The first kappa shape index (κ1) is 12.3. The summed E-state index contributed by atoms with van der Waals surface area (Å²) in [6.07, 6.45) is 4.95. The van der Waals surface area contributed by atoms with Crippen LogP contribution in [0.5, 0.6) is 11.5 Å². The number of aromatic hydroxyl groups is 1. The number of phenolic OH excluding ortho intramolecular Hbond substituents is 1. The quantitative estimate of drug-likeness (QED) is 0.740. The second kappa shape index (κ2) is 5.92. The van der Waals surface area contributed by atoms with Gasteiger partial charge in [0.25, 0.3) is 0 Å². The van der Waals surface area contributed by atoms with Crippen molar-refractivity contribution in [1.29, 1.82) is 0 Å². The number of benzene rings is 1. The Bertz CT molecular complexity index is 399. The number of hydrogen-bond donors (Lipinski definition) is 2. The van der Waals surface area contributed by atoms with E-state index in [0.29, 0.717) is 18.4 Å². The molecular formula is C12H15NO3. The van der Waals surface area contributed by atoms with Crippen LogP contribution in [0.15, 0.2) is 18.2 Å². The Morgan fingerprint density at radius 2 is 2.25 bits per heavy atom. The summed E-state index contributed by atoms with van der Waals surface area (Å²) in [5.41, 5.74) is 6.23. The molecule has 0 radical (unpaired) electrons. The topological polar surface area (TPSA) is 72.5 Å². The summed E-state index contributed by atoms with van der Waals surface area (Å²) < 4.78 is 4.92. The van der Waals surface area contributed by atoms with Crippen LogP contribution in [0.3, 0.4) is 0 Å². The molecule has 0 bridgehead atoms. The van der Waals surface area contributed by atoms with E-state index in [4.69, 9.17) is 10.5 Å². The van der Waals surface area contributed by atoms with Gasteiger partial charge in [-0.05, 0) is 24.6 Å². The van der Waals surface area contributed by atoms with Crippen LogP contribution in [0.4, 0.5) is 0 Å². The van der Waals surface area contributed by atoms with E-state index in [-0.39, 0.29) is 17.1 Å². The molecule has 0 aliphatic heterocycles. The minimum Gasteiger partial charge on any atom is -0.504 e. The molecule has 0 fully saturated rings. The smallest absolute Gasteiger partial charge is 0.168 e. The number of phenols is 1. The molecule has 1 aromatic rings. The van der Waals surface area contributed by atoms with E-state index >= 15 is 0 Å². The third-order valence-corrected chi connectivity index (χ3v) is 2.18. The minimum atomic E-state index is -0.132. The molecule has 0 unspecified atom stereocenters. The predicted molar refractivity (Wildman–Crippen MR) is 62.8 cm³/mol. The average Bonchev–Trinajstić information content (AvgIpc) is 2.30. The summed E-state index contributed by atoms with van der Waals surface area (Å²) in [5, 5.41) is 9.71. The highest BCUT2D eigenvalue weighted by molar-refractivity contribution is 5.87. The number of carbonyl (C=O) groups is 1. The number of methoxy groups -OCH3 is 1. The van der Waals surface area contributed by atoms with Crippen molar-refractivity contribution in [1.82, 2.24) is 0 Å². The van der Waals surface area contributed by atoms with Crippen molar-refractivity contribution >= 4 is 12.4 Å². The maximum absolute atomic E-state index is 10.9. The van der Waals surface area contributed by atoms with Crippen LogP contribution >= 0.6 is 0 Å². The molecule has 86 valence electrons. The van der Waals surface area contributed by atoms with Crippen molar-refractivity contribution in [2.75, 3.05) is 13.7 Å². The van der Waals surface area contributed by atoms with Gasteiger partial charge in [-0.3, -0.25) is 4.79 Å². The van der Waals surface area contributed by atoms with E-state index < -0.39 is 0 Å². The van der Waals surface area contributed by atoms with Crippen LogP contribution in [0.2, 0.25) is 0 Å². The Balaban J connectivity index is 3.10. The number of rotatable bonds is 5. The summed E-state index contributed by atoms with van der Waals surface area (Å²) in [6, 6.07) is 3.33. The molecule has 0 saturated heterocycles. The lowest BCUT2D eigenvalue weighted by Crippen LogP contribution is -1.95. The molecule has 0 aliphatic rings. The number of hydrogen-bond acceptors (Lipinski definition) is 4. The van der Waals surface area contributed by atoms with Crippen molar-refractivity contribution in [3.63, 3.8) is 0 Å². The first-order chi connectivity index (χ1) is 7.74. The summed E-state index contributed by atoms with van der Waals surface area (Å²) >= 11 is 0. The standard InChI is InChI=1S/C12H15NO3/c1-16-11-6-5-9(4-2-3-7-13)10(8-14)12(11)15/h2,4-6,8,15H,3,7,13H2,1H3. The van der Waals surface area contributed by atoms with Crippen molar-refractivity contribution in [3.05, 3.63) is 29.3 Å². The van der Waals surface area contributed by atoms with E-state index in [1.807, 2.05) is 6.08 Å². The fourth-order valence-corrected chi connectivity index (χ4v) is 1.34. The second-order valence-corrected chi connectivity index (χ2v) is 3.22. The maximum atomic E-state index is 10.9. The Hall–Kier alpha value is -1.81. The highest BCUT2D eigenvalue weighted by Crippen LogP contribution is 2.31. The van der Waals surface area contributed by atoms with E-state index in [0.717, 1.165) is 6.42 Å². The van der Waals surface area contributed by atoms with Crippen LogP contribution in [0.25, 0.3) is 6.08 Å². The molecule has 3 N–H and O–H groups in total. The van der Waals surface area contributed by atoms with Gasteiger partial charge in [-0.25, -0.2) is 0 Å². The van der Waals surface area contributed by atoms with Crippen molar-refractivity contribution in [3.8, 4) is 11.5 Å². The van der Waals surface area contributed by atoms with E-state index in [2.05, 4.69) is 0 Å². The van der Waals surface area contributed by atoms with Crippen molar-refractivity contribution in [2.45, 2.75) is 6.42 Å². The lowest BCUT2D eigenvalue weighted by atomic mass is 10.1. The summed E-state index contributed by atoms with van der Waals surface area (Å²) in [7, 11) is 1.44. The summed E-state index contributed by atoms with van der Waals surface area (Å²) in [5.74, 6) is 0.158. The lowest BCUT2D eigenvalue weighted by Gasteiger charge is -2.07. The third kappa shape index (κ3) is 2.61. The Kier molecular flexibility index (Phi) is 4.54. The number of nitrogens with two attached hydrogens (primary N) is 1. The minimum absolute atomic E-state index is 0.132. The zero-order chi connectivity index (χ0) is 12.0. The van der Waals surface area contributed by atoms with Crippen LogP contribution in [-0.2, 0) is 0 Å². The summed E-state index contributed by atoms with van der Waals surface area (Å²) in [6.45, 7) is 0.551. The normalized spacial score (nSPS) is 10.6. The molecule has 0 aliphatic carbocycles. The van der Waals surface area contributed by atoms with Crippen LogP contribution < -0.4 is 10.5 Å². The SMILES string of the molecule is COc1ccc(C=CCCN)c(C=O)c1O. The van der Waals surface area contributed by atoms with Gasteiger partial charge >= 0.3 is 0 Å². The van der Waals surface area contributed by atoms with Gasteiger partial charge in [0.15, 0.2) is 17.8 Å². The van der Waals surface area contributed by atoms with Crippen LogP contribution in [0.1, 0.15) is 22.3 Å². The van der Waals surface area contributed by atoms with Gasteiger partial charge in [0.2, 0.25) is 0 Å². The number of carbonyl (C=O) groups excluding carboxylic acids is 1. The molecule has 0 amide bonds. The van der Waals surface area contributed by atoms with Gasteiger partial charge in [-0.2, -0.15) is 0 Å². The maximum Gasteiger partial charge on any atom is 0.168 e. The molecule has 0 aromatic heterocycles. The molecule has 1 aromatic carbocycles. The van der Waals surface area contributed by atoms with E-state index in [1.54, 1.807) is 18.2 Å². The monoisotopic (exact) mass is 221 g/mol. The molecule has 4 heteroatoms. The molecule has 0 spiro atoms. The average molecular weight is 221 g/mol. The molecule has 0 atom stereocenters. The molecule has 0 heterocycles. The molecular weight excluding hydrogens is 206 g/mol.